The zero-order valence-corrected chi connectivity index (χ0v) is 19.4. The lowest BCUT2D eigenvalue weighted by atomic mass is 9.82. The van der Waals surface area contributed by atoms with Crippen LogP contribution in [0.3, 0.4) is 0 Å². The predicted molar refractivity (Wildman–Crippen MR) is 120 cm³/mol. The summed E-state index contributed by atoms with van der Waals surface area (Å²) in [6, 6.07) is 4.25. The van der Waals surface area contributed by atoms with Crippen LogP contribution in [0.2, 0.25) is 0 Å². The van der Waals surface area contributed by atoms with E-state index in [1.165, 1.54) is 76.3 Å². The van der Waals surface area contributed by atoms with E-state index in [1.54, 1.807) is 6.07 Å². The second-order valence-electron chi connectivity index (χ2n) is 8.99. The fourth-order valence-electron chi connectivity index (χ4n) is 4.27. The summed E-state index contributed by atoms with van der Waals surface area (Å²) in [6.07, 6.45) is 15.9. The SMILES string of the molecule is CCCCCCCCC(CCCCCCc1ccc(F)c(F)c1)C(C)(C)OCC. The number of halogens is 2. The molecular weight excluding hydrogens is 366 g/mol. The molecule has 0 saturated carbocycles. The summed E-state index contributed by atoms with van der Waals surface area (Å²) in [6.45, 7) is 9.62. The molecule has 0 saturated heterocycles. The fourth-order valence-corrected chi connectivity index (χ4v) is 4.27. The molecule has 1 unspecified atom stereocenters. The van der Waals surface area contributed by atoms with Crippen molar-refractivity contribution >= 4 is 0 Å². The Bertz CT molecular complexity index is 542. The van der Waals surface area contributed by atoms with Crippen molar-refractivity contribution in [1.29, 1.82) is 0 Å². The van der Waals surface area contributed by atoms with Gasteiger partial charge >= 0.3 is 0 Å². The molecule has 0 aliphatic carbocycles. The summed E-state index contributed by atoms with van der Waals surface area (Å²) in [7, 11) is 0. The van der Waals surface area contributed by atoms with Crippen molar-refractivity contribution in [3.05, 3.63) is 35.4 Å². The van der Waals surface area contributed by atoms with Crippen LogP contribution in [0, 0.1) is 17.6 Å². The molecule has 3 heteroatoms. The first-order valence-corrected chi connectivity index (χ1v) is 12.0. The first-order chi connectivity index (χ1) is 13.9. The maximum absolute atomic E-state index is 13.3. The Hall–Kier alpha value is -0.960. The second kappa shape index (κ2) is 14.9. The van der Waals surface area contributed by atoms with Gasteiger partial charge in [-0.25, -0.2) is 8.78 Å². The van der Waals surface area contributed by atoms with E-state index >= 15 is 0 Å². The summed E-state index contributed by atoms with van der Waals surface area (Å²) in [5.41, 5.74) is 0.839. The highest BCUT2D eigenvalue weighted by atomic mass is 19.2. The highest BCUT2D eigenvalue weighted by Crippen LogP contribution is 2.31. The quantitative estimate of drug-likeness (QED) is 0.233. The number of hydrogen-bond donors (Lipinski definition) is 0. The Labute approximate surface area is 178 Å². The second-order valence-corrected chi connectivity index (χ2v) is 8.99. The highest BCUT2D eigenvalue weighted by Gasteiger charge is 2.28. The Balaban J connectivity index is 2.30. The van der Waals surface area contributed by atoms with Crippen LogP contribution in [0.4, 0.5) is 8.78 Å². The molecule has 0 aliphatic heterocycles. The van der Waals surface area contributed by atoms with Gasteiger partial charge in [-0.05, 0) is 70.1 Å². The molecular formula is C26H44F2O. The minimum absolute atomic E-state index is 0.0518. The van der Waals surface area contributed by atoms with E-state index in [2.05, 4.69) is 27.7 Å². The summed E-state index contributed by atoms with van der Waals surface area (Å²) >= 11 is 0. The molecule has 0 radical (unpaired) electrons. The number of ether oxygens (including phenoxy) is 1. The van der Waals surface area contributed by atoms with Crippen molar-refractivity contribution in [3.8, 4) is 0 Å². The van der Waals surface area contributed by atoms with Gasteiger partial charge in [-0.15, -0.1) is 0 Å². The van der Waals surface area contributed by atoms with Crippen LogP contribution in [-0.2, 0) is 11.2 Å². The minimum Gasteiger partial charge on any atom is -0.376 e. The van der Waals surface area contributed by atoms with E-state index < -0.39 is 11.6 Å². The van der Waals surface area contributed by atoms with Crippen LogP contribution in [0.25, 0.3) is 0 Å². The lowest BCUT2D eigenvalue weighted by Crippen LogP contribution is -2.34. The van der Waals surface area contributed by atoms with E-state index in [4.69, 9.17) is 4.74 Å². The van der Waals surface area contributed by atoms with Gasteiger partial charge in [-0.3, -0.25) is 0 Å². The van der Waals surface area contributed by atoms with Gasteiger partial charge in [-0.1, -0.05) is 70.8 Å². The van der Waals surface area contributed by atoms with E-state index in [0.717, 1.165) is 31.4 Å². The standard InChI is InChI=1S/C26H44F2O/c1-5-7-8-9-10-14-17-23(26(3,4)29-6-2)18-15-12-11-13-16-22-19-20-24(27)25(28)21-22/h19-21,23H,5-18H2,1-4H3. The van der Waals surface area contributed by atoms with Gasteiger partial charge in [-0.2, -0.15) is 0 Å². The molecule has 29 heavy (non-hydrogen) atoms. The van der Waals surface area contributed by atoms with E-state index in [0.29, 0.717) is 5.92 Å². The summed E-state index contributed by atoms with van der Waals surface area (Å²) < 4.78 is 32.3. The maximum atomic E-state index is 13.3. The number of rotatable bonds is 17. The van der Waals surface area contributed by atoms with Gasteiger partial charge in [0.25, 0.3) is 0 Å². The molecule has 1 rings (SSSR count). The van der Waals surface area contributed by atoms with Gasteiger partial charge in [0.05, 0.1) is 5.60 Å². The maximum Gasteiger partial charge on any atom is 0.159 e. The third-order valence-corrected chi connectivity index (χ3v) is 6.16. The zero-order chi connectivity index (χ0) is 21.5. The van der Waals surface area contributed by atoms with Gasteiger partial charge in [0.2, 0.25) is 0 Å². The minimum atomic E-state index is -0.762. The molecule has 1 aromatic carbocycles. The Morgan fingerprint density at radius 3 is 1.97 bits per heavy atom. The highest BCUT2D eigenvalue weighted by molar-refractivity contribution is 5.17. The number of unbranched alkanes of at least 4 members (excludes halogenated alkanes) is 8. The lowest BCUT2D eigenvalue weighted by Gasteiger charge is -2.34. The van der Waals surface area contributed by atoms with Gasteiger partial charge in [0, 0.05) is 6.61 Å². The average Bonchev–Trinajstić information content (AvgIpc) is 2.68. The summed E-state index contributed by atoms with van der Waals surface area (Å²) in [5.74, 6) is -0.889. The molecule has 1 nitrogen and oxygen atoms in total. The fraction of sp³-hybridized carbons (Fsp3) is 0.769. The van der Waals surface area contributed by atoms with Crippen molar-refractivity contribution < 1.29 is 13.5 Å². The molecule has 168 valence electrons. The number of benzene rings is 1. The van der Waals surface area contributed by atoms with E-state index in [1.807, 2.05) is 0 Å². The monoisotopic (exact) mass is 410 g/mol. The van der Waals surface area contributed by atoms with Crippen molar-refractivity contribution in [1.82, 2.24) is 0 Å². The number of hydrogen-bond acceptors (Lipinski definition) is 1. The predicted octanol–water partition coefficient (Wildman–Crippen LogP) is 8.64. The smallest absolute Gasteiger partial charge is 0.159 e. The molecule has 0 bridgehead atoms. The average molecular weight is 411 g/mol. The van der Waals surface area contributed by atoms with Gasteiger partial charge in [0.15, 0.2) is 11.6 Å². The lowest BCUT2D eigenvalue weighted by molar-refractivity contribution is -0.0605. The Morgan fingerprint density at radius 2 is 1.38 bits per heavy atom. The molecule has 0 aliphatic rings. The zero-order valence-electron chi connectivity index (χ0n) is 19.4. The molecule has 0 aromatic heterocycles. The van der Waals surface area contributed by atoms with Crippen molar-refractivity contribution in [3.63, 3.8) is 0 Å². The third-order valence-electron chi connectivity index (χ3n) is 6.16. The Morgan fingerprint density at radius 1 is 0.793 bits per heavy atom. The van der Waals surface area contributed by atoms with Gasteiger partial charge < -0.3 is 4.74 Å². The van der Waals surface area contributed by atoms with Crippen LogP contribution in [-0.4, -0.2) is 12.2 Å². The van der Waals surface area contributed by atoms with Crippen LogP contribution >= 0.6 is 0 Å². The first-order valence-electron chi connectivity index (χ1n) is 12.0. The summed E-state index contributed by atoms with van der Waals surface area (Å²) in [4.78, 5) is 0. The topological polar surface area (TPSA) is 9.23 Å². The molecule has 1 atom stereocenters. The third kappa shape index (κ3) is 11.1. The molecule has 0 spiro atoms. The summed E-state index contributed by atoms with van der Waals surface area (Å²) in [5, 5.41) is 0. The first kappa shape index (κ1) is 26.1. The van der Waals surface area contributed by atoms with Crippen LogP contribution < -0.4 is 0 Å². The number of aryl methyl sites for hydroxylation is 1. The molecule has 0 heterocycles. The largest absolute Gasteiger partial charge is 0.376 e. The van der Waals surface area contributed by atoms with Gasteiger partial charge in [0.1, 0.15) is 0 Å². The van der Waals surface area contributed by atoms with E-state index in [9.17, 15) is 8.78 Å². The molecule has 0 N–H and O–H groups in total. The Kier molecular flexibility index (Phi) is 13.4. The molecule has 0 fully saturated rings. The van der Waals surface area contributed by atoms with E-state index in [-0.39, 0.29) is 5.60 Å². The van der Waals surface area contributed by atoms with Crippen LogP contribution in [0.5, 0.6) is 0 Å². The molecule has 0 amide bonds. The van der Waals surface area contributed by atoms with Crippen LogP contribution in [0.1, 0.15) is 110 Å². The van der Waals surface area contributed by atoms with Crippen LogP contribution in [0.15, 0.2) is 18.2 Å². The molecule has 1 aromatic rings. The van der Waals surface area contributed by atoms with Crippen molar-refractivity contribution in [2.75, 3.05) is 6.61 Å². The van der Waals surface area contributed by atoms with Crippen molar-refractivity contribution in [2.24, 2.45) is 5.92 Å². The van der Waals surface area contributed by atoms with Crippen molar-refractivity contribution in [2.45, 2.75) is 117 Å². The normalized spacial score (nSPS) is 13.0.